The number of hydrogen-bond donors (Lipinski definition) is 2. The number of carbonyl (C=O) groups excluding carboxylic acids is 1. The lowest BCUT2D eigenvalue weighted by atomic mass is 10.3. The minimum atomic E-state index is -4.21. The summed E-state index contributed by atoms with van der Waals surface area (Å²) < 4.78 is 60.9. The van der Waals surface area contributed by atoms with Crippen LogP contribution in [0, 0.1) is 0 Å². The minimum Gasteiger partial charge on any atom is -0.497 e. The lowest BCUT2D eigenvalue weighted by Crippen LogP contribution is -2.38. The molecule has 0 atom stereocenters. The zero-order valence-corrected chi connectivity index (χ0v) is 24.1. The number of anilines is 3. The van der Waals surface area contributed by atoms with Crippen LogP contribution in [0.2, 0.25) is 10.0 Å². The van der Waals surface area contributed by atoms with Crippen LogP contribution in [-0.2, 0) is 24.8 Å². The van der Waals surface area contributed by atoms with Gasteiger partial charge in [0.05, 0.1) is 32.6 Å². The second kappa shape index (κ2) is 12.2. The van der Waals surface area contributed by atoms with Gasteiger partial charge in [0, 0.05) is 11.4 Å². The summed E-state index contributed by atoms with van der Waals surface area (Å²) in [6.07, 6.45) is 0. The van der Waals surface area contributed by atoms with Crippen molar-refractivity contribution in [1.82, 2.24) is 0 Å². The first kappa shape index (κ1) is 29.2. The molecule has 9 nitrogen and oxygen atoms in total. The maximum atomic E-state index is 13.5. The standard InChI is InChI=1S/C27H23Cl2N3O6S2/c1-38-21-14-10-20(11-15-21)31-39(34,35)22-16-12-19(13-17-22)30-26(33)18-32(25-9-5-8-24(28)27(25)29)40(36,37)23-6-3-2-4-7-23/h2-17,31H,18H2,1H3,(H,30,33). The highest BCUT2D eigenvalue weighted by atomic mass is 35.5. The first-order chi connectivity index (χ1) is 19.0. The molecule has 0 aromatic heterocycles. The van der Waals surface area contributed by atoms with Crippen LogP contribution in [0.3, 0.4) is 0 Å². The Hall–Kier alpha value is -3.77. The van der Waals surface area contributed by atoms with E-state index in [1.807, 2.05) is 0 Å². The molecule has 13 heteroatoms. The maximum absolute atomic E-state index is 13.5. The van der Waals surface area contributed by atoms with Crippen molar-refractivity contribution in [2.45, 2.75) is 9.79 Å². The molecule has 0 saturated carbocycles. The Morgan fingerprint density at radius 2 is 1.40 bits per heavy atom. The molecule has 0 radical (unpaired) electrons. The maximum Gasteiger partial charge on any atom is 0.264 e. The summed E-state index contributed by atoms with van der Waals surface area (Å²) in [5.41, 5.74) is 0.624. The van der Waals surface area contributed by atoms with E-state index in [9.17, 15) is 21.6 Å². The van der Waals surface area contributed by atoms with Gasteiger partial charge in [0.1, 0.15) is 12.3 Å². The molecular weight excluding hydrogens is 597 g/mol. The van der Waals surface area contributed by atoms with Crippen LogP contribution in [0.4, 0.5) is 17.1 Å². The van der Waals surface area contributed by atoms with Crippen LogP contribution < -0.4 is 19.1 Å². The van der Waals surface area contributed by atoms with Crippen LogP contribution >= 0.6 is 23.2 Å². The van der Waals surface area contributed by atoms with Gasteiger partial charge in [0.2, 0.25) is 5.91 Å². The van der Waals surface area contributed by atoms with E-state index in [-0.39, 0.29) is 31.2 Å². The number of sulfonamides is 2. The van der Waals surface area contributed by atoms with Gasteiger partial charge in [-0.05, 0) is 72.8 Å². The molecule has 0 aliphatic heterocycles. The number of carbonyl (C=O) groups is 1. The number of halogens is 2. The van der Waals surface area contributed by atoms with Crippen molar-refractivity contribution in [3.05, 3.63) is 107 Å². The molecule has 0 unspecified atom stereocenters. The Kier molecular flexibility index (Phi) is 8.89. The van der Waals surface area contributed by atoms with Gasteiger partial charge in [-0.25, -0.2) is 16.8 Å². The lowest BCUT2D eigenvalue weighted by Gasteiger charge is -2.25. The average Bonchev–Trinajstić information content (AvgIpc) is 2.94. The monoisotopic (exact) mass is 619 g/mol. The molecule has 0 spiro atoms. The van der Waals surface area contributed by atoms with Crippen molar-refractivity contribution < 1.29 is 26.4 Å². The summed E-state index contributed by atoms with van der Waals surface area (Å²) in [7, 11) is -6.61. The molecule has 0 heterocycles. The fourth-order valence-electron chi connectivity index (χ4n) is 3.63. The third-order valence-electron chi connectivity index (χ3n) is 5.61. The Morgan fingerprint density at radius 1 is 0.775 bits per heavy atom. The molecule has 0 saturated heterocycles. The van der Waals surface area contributed by atoms with E-state index in [1.54, 1.807) is 42.5 Å². The van der Waals surface area contributed by atoms with Crippen LogP contribution in [0.15, 0.2) is 107 Å². The summed E-state index contributed by atoms with van der Waals surface area (Å²) in [4.78, 5) is 12.9. The Bertz CT molecular complexity index is 1720. The average molecular weight is 621 g/mol. The second-order valence-corrected chi connectivity index (χ2v) is 12.6. The summed E-state index contributed by atoms with van der Waals surface area (Å²) in [6, 6.07) is 23.8. The molecule has 0 aliphatic carbocycles. The number of methoxy groups -OCH3 is 1. The highest BCUT2D eigenvalue weighted by Crippen LogP contribution is 2.35. The van der Waals surface area contributed by atoms with E-state index in [0.717, 1.165) is 4.31 Å². The Balaban J connectivity index is 1.53. The fraction of sp³-hybridized carbons (Fsp3) is 0.0741. The molecule has 40 heavy (non-hydrogen) atoms. The quantitative estimate of drug-likeness (QED) is 0.237. The van der Waals surface area contributed by atoms with E-state index in [0.29, 0.717) is 11.4 Å². The minimum absolute atomic E-state index is 0.0271. The van der Waals surface area contributed by atoms with Crippen molar-refractivity contribution in [2.75, 3.05) is 28.0 Å². The van der Waals surface area contributed by atoms with Gasteiger partial charge in [-0.1, -0.05) is 47.5 Å². The second-order valence-electron chi connectivity index (χ2n) is 8.30. The smallest absolute Gasteiger partial charge is 0.264 e. The van der Waals surface area contributed by atoms with Crippen molar-refractivity contribution in [3.8, 4) is 5.75 Å². The third-order valence-corrected chi connectivity index (χ3v) is 9.59. The summed E-state index contributed by atoms with van der Waals surface area (Å²) in [5, 5.41) is 2.68. The number of benzene rings is 4. The zero-order chi connectivity index (χ0) is 28.9. The summed E-state index contributed by atoms with van der Waals surface area (Å²) in [5.74, 6) is -0.113. The molecule has 4 aromatic rings. The number of hydrogen-bond acceptors (Lipinski definition) is 6. The largest absolute Gasteiger partial charge is 0.497 e. The predicted octanol–water partition coefficient (Wildman–Crippen LogP) is 5.64. The van der Waals surface area contributed by atoms with Gasteiger partial charge in [-0.3, -0.25) is 13.8 Å². The first-order valence-electron chi connectivity index (χ1n) is 11.6. The third kappa shape index (κ3) is 6.68. The van der Waals surface area contributed by atoms with Gasteiger partial charge in [0.15, 0.2) is 0 Å². The van der Waals surface area contributed by atoms with Crippen molar-refractivity contribution in [1.29, 1.82) is 0 Å². The lowest BCUT2D eigenvalue weighted by molar-refractivity contribution is -0.114. The molecule has 1 amide bonds. The van der Waals surface area contributed by atoms with E-state index >= 15 is 0 Å². The summed E-state index contributed by atoms with van der Waals surface area (Å²) in [6.45, 7) is -0.629. The first-order valence-corrected chi connectivity index (χ1v) is 15.3. The normalized spacial score (nSPS) is 11.5. The van der Waals surface area contributed by atoms with Gasteiger partial charge < -0.3 is 10.1 Å². The number of amides is 1. The Morgan fingerprint density at radius 3 is 2.02 bits per heavy atom. The number of ether oxygens (including phenoxy) is 1. The molecule has 0 aliphatic rings. The van der Waals surface area contributed by atoms with Crippen LogP contribution in [0.25, 0.3) is 0 Å². The molecule has 0 fully saturated rings. The van der Waals surface area contributed by atoms with Crippen molar-refractivity contribution in [2.24, 2.45) is 0 Å². The SMILES string of the molecule is COc1ccc(NS(=O)(=O)c2ccc(NC(=O)CN(c3cccc(Cl)c3Cl)S(=O)(=O)c3ccccc3)cc2)cc1. The van der Waals surface area contributed by atoms with E-state index in [4.69, 9.17) is 27.9 Å². The zero-order valence-electron chi connectivity index (χ0n) is 20.9. The molecule has 4 aromatic carbocycles. The van der Waals surface area contributed by atoms with Gasteiger partial charge >= 0.3 is 0 Å². The van der Waals surface area contributed by atoms with Gasteiger partial charge in [-0.15, -0.1) is 0 Å². The van der Waals surface area contributed by atoms with Gasteiger partial charge in [0.25, 0.3) is 20.0 Å². The number of nitrogens with zero attached hydrogens (tertiary/aromatic N) is 1. The predicted molar refractivity (Wildman–Crippen MR) is 156 cm³/mol. The molecule has 4 rings (SSSR count). The molecule has 0 bridgehead atoms. The topological polar surface area (TPSA) is 122 Å². The van der Waals surface area contributed by atoms with Gasteiger partial charge in [-0.2, -0.15) is 0 Å². The van der Waals surface area contributed by atoms with E-state index in [2.05, 4.69) is 10.0 Å². The molecular formula is C27H23Cl2N3O6S2. The van der Waals surface area contributed by atoms with E-state index in [1.165, 1.54) is 61.7 Å². The van der Waals surface area contributed by atoms with Crippen LogP contribution in [0.1, 0.15) is 0 Å². The molecule has 2 N–H and O–H groups in total. The fourth-order valence-corrected chi connectivity index (χ4v) is 6.59. The van der Waals surface area contributed by atoms with Crippen molar-refractivity contribution in [3.63, 3.8) is 0 Å². The number of rotatable bonds is 10. The van der Waals surface area contributed by atoms with E-state index < -0.39 is 32.5 Å². The van der Waals surface area contributed by atoms with Crippen LogP contribution in [-0.4, -0.2) is 36.4 Å². The highest BCUT2D eigenvalue weighted by molar-refractivity contribution is 7.93. The molecule has 208 valence electrons. The summed E-state index contributed by atoms with van der Waals surface area (Å²) >= 11 is 12.4. The Labute approximate surface area is 242 Å². The number of nitrogens with one attached hydrogen (secondary N) is 2. The highest BCUT2D eigenvalue weighted by Gasteiger charge is 2.29. The van der Waals surface area contributed by atoms with Crippen molar-refractivity contribution >= 4 is 66.2 Å². The van der Waals surface area contributed by atoms with Crippen LogP contribution in [0.5, 0.6) is 5.75 Å².